The molecule has 34 heavy (non-hydrogen) atoms. The van der Waals surface area contributed by atoms with Crippen molar-refractivity contribution in [3.05, 3.63) is 94.8 Å². The predicted octanol–water partition coefficient (Wildman–Crippen LogP) is 5.76. The average molecular weight is 476 g/mol. The van der Waals surface area contributed by atoms with Gasteiger partial charge in [-0.15, -0.1) is 0 Å². The Kier molecular flexibility index (Phi) is 8.21. The molecule has 0 aliphatic rings. The number of carbonyl (C=O) groups excluding carboxylic acids is 1. The van der Waals surface area contributed by atoms with Crippen molar-refractivity contribution < 1.29 is 9.53 Å². The van der Waals surface area contributed by atoms with Gasteiger partial charge in [-0.25, -0.2) is 4.98 Å². The topological polar surface area (TPSA) is 56.1 Å². The number of benzene rings is 3. The van der Waals surface area contributed by atoms with E-state index in [0.29, 0.717) is 24.6 Å². The number of hydrogen-bond acceptors (Lipinski definition) is 3. The summed E-state index contributed by atoms with van der Waals surface area (Å²) in [4.78, 5) is 17.2. The van der Waals surface area contributed by atoms with Crippen molar-refractivity contribution in [2.45, 2.75) is 39.2 Å². The zero-order valence-electron chi connectivity index (χ0n) is 19.5. The molecule has 0 radical (unpaired) electrons. The van der Waals surface area contributed by atoms with Crippen LogP contribution in [0.3, 0.4) is 0 Å². The lowest BCUT2D eigenvalue weighted by Crippen LogP contribution is -2.28. The van der Waals surface area contributed by atoms with E-state index in [4.69, 9.17) is 21.3 Å². The maximum Gasteiger partial charge on any atom is 0.224 e. The quantitative estimate of drug-likeness (QED) is 0.281. The predicted molar refractivity (Wildman–Crippen MR) is 138 cm³/mol. The van der Waals surface area contributed by atoms with Gasteiger partial charge < -0.3 is 14.6 Å². The standard InChI is InChI=1S/C28H30ClN3O2/c1-21-10-2-7-15-26(21)34-19-9-8-18-32-25-14-6-5-13-24(25)31-27(32)16-17-30-28(33)20-22-11-3-4-12-23(22)29/h2-7,10-15H,8-9,16-20H2,1H3,(H,30,33). The fourth-order valence-electron chi connectivity index (χ4n) is 4.03. The highest BCUT2D eigenvalue weighted by Crippen LogP contribution is 2.19. The molecule has 0 bridgehead atoms. The summed E-state index contributed by atoms with van der Waals surface area (Å²) in [6, 6.07) is 23.7. The van der Waals surface area contributed by atoms with E-state index in [0.717, 1.165) is 53.1 Å². The number of para-hydroxylation sites is 3. The third-order valence-electron chi connectivity index (χ3n) is 5.84. The molecule has 176 valence electrons. The first-order chi connectivity index (χ1) is 16.6. The first kappa shape index (κ1) is 23.8. The van der Waals surface area contributed by atoms with Gasteiger partial charge in [0.15, 0.2) is 0 Å². The lowest BCUT2D eigenvalue weighted by molar-refractivity contribution is -0.120. The highest BCUT2D eigenvalue weighted by Gasteiger charge is 2.12. The molecule has 4 aromatic rings. The second kappa shape index (κ2) is 11.7. The molecule has 5 nitrogen and oxygen atoms in total. The largest absolute Gasteiger partial charge is 0.493 e. The summed E-state index contributed by atoms with van der Waals surface area (Å²) < 4.78 is 8.21. The molecule has 3 aromatic carbocycles. The van der Waals surface area contributed by atoms with Crippen LogP contribution in [0.2, 0.25) is 5.02 Å². The Morgan fingerprint density at radius 3 is 2.62 bits per heavy atom. The number of imidazole rings is 1. The van der Waals surface area contributed by atoms with Crippen LogP contribution in [0.25, 0.3) is 11.0 Å². The van der Waals surface area contributed by atoms with Crippen LogP contribution in [0.15, 0.2) is 72.8 Å². The molecular formula is C28H30ClN3O2. The molecule has 0 aliphatic heterocycles. The maximum atomic E-state index is 12.4. The summed E-state index contributed by atoms with van der Waals surface area (Å²) >= 11 is 6.18. The van der Waals surface area contributed by atoms with Crippen molar-refractivity contribution in [1.82, 2.24) is 14.9 Å². The number of fused-ring (bicyclic) bond motifs is 1. The minimum absolute atomic E-state index is 0.0379. The van der Waals surface area contributed by atoms with Crippen molar-refractivity contribution in [1.29, 1.82) is 0 Å². The number of halogens is 1. The van der Waals surface area contributed by atoms with E-state index in [1.165, 1.54) is 0 Å². The summed E-state index contributed by atoms with van der Waals surface area (Å²) in [5.41, 5.74) is 4.10. The second-order valence-corrected chi connectivity index (χ2v) is 8.76. The van der Waals surface area contributed by atoms with E-state index in [1.54, 1.807) is 6.07 Å². The van der Waals surface area contributed by atoms with Crippen molar-refractivity contribution in [2.75, 3.05) is 13.2 Å². The van der Waals surface area contributed by atoms with Gasteiger partial charge in [0.2, 0.25) is 5.91 Å². The van der Waals surface area contributed by atoms with Crippen LogP contribution in [0.5, 0.6) is 5.75 Å². The fraction of sp³-hybridized carbons (Fsp3) is 0.286. The van der Waals surface area contributed by atoms with E-state index < -0.39 is 0 Å². The first-order valence-corrected chi connectivity index (χ1v) is 12.1. The van der Waals surface area contributed by atoms with Crippen LogP contribution >= 0.6 is 11.6 Å². The van der Waals surface area contributed by atoms with E-state index in [-0.39, 0.29) is 12.3 Å². The Morgan fingerprint density at radius 1 is 1.00 bits per heavy atom. The minimum atomic E-state index is -0.0379. The van der Waals surface area contributed by atoms with Gasteiger partial charge in [-0.2, -0.15) is 0 Å². The Balaban J connectivity index is 1.31. The van der Waals surface area contributed by atoms with Crippen LogP contribution in [-0.2, 0) is 24.2 Å². The molecule has 0 spiro atoms. The zero-order chi connectivity index (χ0) is 23.8. The Morgan fingerprint density at radius 2 is 1.76 bits per heavy atom. The molecule has 1 heterocycles. The molecule has 1 aromatic heterocycles. The molecule has 1 N–H and O–H groups in total. The van der Waals surface area contributed by atoms with Gasteiger partial charge in [-0.05, 0) is 55.2 Å². The number of unbranched alkanes of at least 4 members (excludes halogenated alkanes) is 1. The summed E-state index contributed by atoms with van der Waals surface area (Å²) in [6.45, 7) is 4.14. The van der Waals surface area contributed by atoms with E-state index in [2.05, 4.69) is 28.9 Å². The van der Waals surface area contributed by atoms with Crippen LogP contribution < -0.4 is 10.1 Å². The Labute approximate surface area is 205 Å². The number of amides is 1. The third-order valence-corrected chi connectivity index (χ3v) is 6.21. The number of aryl methyl sites for hydroxylation is 2. The lowest BCUT2D eigenvalue weighted by Gasteiger charge is -2.12. The van der Waals surface area contributed by atoms with Crippen LogP contribution in [0, 0.1) is 6.92 Å². The first-order valence-electron chi connectivity index (χ1n) is 11.7. The van der Waals surface area contributed by atoms with Gasteiger partial charge in [-0.1, -0.05) is 60.1 Å². The van der Waals surface area contributed by atoms with E-state index in [9.17, 15) is 4.79 Å². The smallest absolute Gasteiger partial charge is 0.224 e. The van der Waals surface area contributed by atoms with Crippen molar-refractivity contribution in [3.63, 3.8) is 0 Å². The van der Waals surface area contributed by atoms with Crippen molar-refractivity contribution in [3.8, 4) is 5.75 Å². The van der Waals surface area contributed by atoms with Crippen LogP contribution in [0.4, 0.5) is 0 Å². The van der Waals surface area contributed by atoms with E-state index in [1.807, 2.05) is 54.6 Å². The van der Waals surface area contributed by atoms with Crippen LogP contribution in [0.1, 0.15) is 29.8 Å². The summed E-state index contributed by atoms with van der Waals surface area (Å²) in [6.07, 6.45) is 2.88. The second-order valence-electron chi connectivity index (χ2n) is 8.36. The molecule has 0 unspecified atom stereocenters. The number of nitrogens with zero attached hydrogens (tertiary/aromatic N) is 2. The normalized spacial score (nSPS) is 11.0. The number of hydrogen-bond donors (Lipinski definition) is 1. The Hall–Kier alpha value is -3.31. The highest BCUT2D eigenvalue weighted by molar-refractivity contribution is 6.31. The van der Waals surface area contributed by atoms with Gasteiger partial charge in [0.1, 0.15) is 11.6 Å². The van der Waals surface area contributed by atoms with Gasteiger partial charge in [0.25, 0.3) is 0 Å². The monoisotopic (exact) mass is 475 g/mol. The van der Waals surface area contributed by atoms with E-state index >= 15 is 0 Å². The molecule has 6 heteroatoms. The molecular weight excluding hydrogens is 446 g/mol. The van der Waals surface area contributed by atoms with Gasteiger partial charge in [0, 0.05) is 24.5 Å². The van der Waals surface area contributed by atoms with Gasteiger partial charge >= 0.3 is 0 Å². The summed E-state index contributed by atoms with van der Waals surface area (Å²) in [5, 5.41) is 3.62. The molecule has 1 amide bonds. The lowest BCUT2D eigenvalue weighted by atomic mass is 10.1. The molecule has 0 saturated heterocycles. The average Bonchev–Trinajstić information content (AvgIpc) is 3.19. The number of rotatable bonds is 11. The molecule has 0 aliphatic carbocycles. The van der Waals surface area contributed by atoms with Crippen molar-refractivity contribution >= 4 is 28.5 Å². The van der Waals surface area contributed by atoms with Crippen LogP contribution in [-0.4, -0.2) is 28.6 Å². The third kappa shape index (κ3) is 6.17. The fourth-order valence-corrected chi connectivity index (χ4v) is 4.23. The molecule has 0 atom stereocenters. The number of nitrogens with one attached hydrogen (secondary N) is 1. The number of carbonyl (C=O) groups is 1. The highest BCUT2D eigenvalue weighted by atomic mass is 35.5. The molecule has 0 fully saturated rings. The summed E-state index contributed by atoms with van der Waals surface area (Å²) in [7, 11) is 0. The number of ether oxygens (including phenoxy) is 1. The maximum absolute atomic E-state index is 12.4. The Bertz CT molecular complexity index is 1250. The van der Waals surface area contributed by atoms with Gasteiger partial charge in [-0.3, -0.25) is 4.79 Å². The zero-order valence-corrected chi connectivity index (χ0v) is 20.2. The minimum Gasteiger partial charge on any atom is -0.493 e. The van der Waals surface area contributed by atoms with Gasteiger partial charge in [0.05, 0.1) is 24.1 Å². The molecule has 4 rings (SSSR count). The number of aromatic nitrogens is 2. The van der Waals surface area contributed by atoms with Crippen molar-refractivity contribution in [2.24, 2.45) is 0 Å². The summed E-state index contributed by atoms with van der Waals surface area (Å²) in [5.74, 6) is 1.90. The SMILES string of the molecule is Cc1ccccc1OCCCCn1c(CCNC(=O)Cc2ccccc2Cl)nc2ccccc21. The molecule has 0 saturated carbocycles.